The van der Waals surface area contributed by atoms with Crippen LogP contribution >= 0.6 is 0 Å². The van der Waals surface area contributed by atoms with Gasteiger partial charge < -0.3 is 9.52 Å². The fourth-order valence-electron chi connectivity index (χ4n) is 2.13. The maximum Gasteiger partial charge on any atom is 0.322 e. The normalized spacial score (nSPS) is 15.7. The molecule has 20 heavy (non-hydrogen) atoms. The number of aromatic nitrogens is 2. The van der Waals surface area contributed by atoms with E-state index in [4.69, 9.17) is 9.52 Å². The molecule has 0 aliphatic heterocycles. The number of aliphatic hydroxyl groups excluding tert-OH is 1. The first-order chi connectivity index (χ1) is 9.60. The molecule has 0 unspecified atom stereocenters. The van der Waals surface area contributed by atoms with Gasteiger partial charge >= 0.3 is 6.01 Å². The summed E-state index contributed by atoms with van der Waals surface area (Å²) in [6, 6.07) is 0.540. The minimum atomic E-state index is -0.190. The fraction of sp³-hybridized carbons (Fsp3) is 0.769. The molecule has 1 amide bonds. The monoisotopic (exact) mass is 282 g/mol. The van der Waals surface area contributed by atoms with Crippen molar-refractivity contribution in [1.82, 2.24) is 15.1 Å². The second-order valence-corrected chi connectivity index (χ2v) is 5.43. The van der Waals surface area contributed by atoms with Gasteiger partial charge in [-0.05, 0) is 12.8 Å². The molecule has 2 N–H and O–H groups in total. The fourth-order valence-corrected chi connectivity index (χ4v) is 2.13. The van der Waals surface area contributed by atoms with Crippen molar-refractivity contribution in [1.29, 1.82) is 0 Å². The highest BCUT2D eigenvalue weighted by atomic mass is 16.4. The molecule has 0 aromatic carbocycles. The molecule has 2 rings (SSSR count). The predicted molar refractivity (Wildman–Crippen MR) is 73.3 cm³/mol. The summed E-state index contributed by atoms with van der Waals surface area (Å²) in [6.07, 6.45) is 3.37. The third kappa shape index (κ3) is 3.77. The summed E-state index contributed by atoms with van der Waals surface area (Å²) in [5.41, 5.74) is 0. The maximum atomic E-state index is 12.0. The van der Waals surface area contributed by atoms with E-state index >= 15 is 0 Å². The Hall–Kier alpha value is -1.47. The molecule has 0 spiro atoms. The van der Waals surface area contributed by atoms with Gasteiger partial charge in [0.2, 0.25) is 11.8 Å². The van der Waals surface area contributed by atoms with Crippen LogP contribution in [0.1, 0.15) is 44.9 Å². The summed E-state index contributed by atoms with van der Waals surface area (Å²) in [5.74, 6) is 0.449. The van der Waals surface area contributed by atoms with E-state index in [0.29, 0.717) is 18.5 Å². The summed E-state index contributed by atoms with van der Waals surface area (Å²) < 4.78 is 5.34. The Morgan fingerprint density at radius 3 is 2.75 bits per heavy atom. The molecule has 1 heterocycles. The van der Waals surface area contributed by atoms with E-state index < -0.39 is 0 Å². The van der Waals surface area contributed by atoms with Crippen LogP contribution in [0.2, 0.25) is 0 Å². The minimum Gasteiger partial charge on any atom is -0.408 e. The molecule has 0 radical (unpaired) electrons. The first kappa shape index (κ1) is 14.9. The highest BCUT2D eigenvalue weighted by Crippen LogP contribution is 2.24. The topological polar surface area (TPSA) is 91.5 Å². The van der Waals surface area contributed by atoms with Crippen molar-refractivity contribution in [2.24, 2.45) is 0 Å². The lowest BCUT2D eigenvalue weighted by Crippen LogP contribution is -2.45. The van der Waals surface area contributed by atoms with Crippen LogP contribution in [0.3, 0.4) is 0 Å². The summed E-state index contributed by atoms with van der Waals surface area (Å²) in [4.78, 5) is 14.0. The second kappa shape index (κ2) is 6.81. The van der Waals surface area contributed by atoms with Crippen LogP contribution in [0.5, 0.6) is 0 Å². The Labute approximate surface area is 118 Å². The van der Waals surface area contributed by atoms with Crippen LogP contribution in [-0.2, 0) is 4.79 Å². The van der Waals surface area contributed by atoms with Gasteiger partial charge in [-0.3, -0.25) is 15.0 Å². The third-order valence-electron chi connectivity index (χ3n) is 3.51. The first-order valence-corrected chi connectivity index (χ1v) is 7.08. The van der Waals surface area contributed by atoms with E-state index in [2.05, 4.69) is 15.5 Å². The van der Waals surface area contributed by atoms with Gasteiger partial charge in [-0.1, -0.05) is 25.4 Å². The summed E-state index contributed by atoms with van der Waals surface area (Å²) in [6.45, 7) is 4.70. The van der Waals surface area contributed by atoms with Crippen molar-refractivity contribution in [2.75, 3.05) is 25.0 Å². The highest BCUT2D eigenvalue weighted by Gasteiger charge is 2.26. The molecule has 1 fully saturated rings. The van der Waals surface area contributed by atoms with Gasteiger partial charge in [-0.25, -0.2) is 0 Å². The van der Waals surface area contributed by atoms with Crippen LogP contribution in [0.15, 0.2) is 4.42 Å². The average Bonchev–Trinajstić information content (AvgIpc) is 2.75. The second-order valence-electron chi connectivity index (χ2n) is 5.43. The lowest BCUT2D eigenvalue weighted by atomic mass is 9.91. The largest absolute Gasteiger partial charge is 0.408 e. The van der Waals surface area contributed by atoms with Crippen molar-refractivity contribution < 1.29 is 14.3 Å². The van der Waals surface area contributed by atoms with Crippen LogP contribution < -0.4 is 5.32 Å². The Balaban J connectivity index is 1.86. The van der Waals surface area contributed by atoms with Crippen LogP contribution in [0, 0.1) is 0 Å². The number of carbonyl (C=O) groups is 1. The molecule has 0 bridgehead atoms. The Morgan fingerprint density at radius 1 is 1.50 bits per heavy atom. The minimum absolute atomic E-state index is 0.0574. The van der Waals surface area contributed by atoms with Crippen LogP contribution in [0.25, 0.3) is 0 Å². The van der Waals surface area contributed by atoms with Gasteiger partial charge in [-0.2, -0.15) is 0 Å². The van der Waals surface area contributed by atoms with E-state index in [9.17, 15) is 4.79 Å². The van der Waals surface area contributed by atoms with Crippen molar-refractivity contribution in [3.8, 4) is 0 Å². The molecule has 1 aromatic heterocycles. The third-order valence-corrected chi connectivity index (χ3v) is 3.51. The highest BCUT2D eigenvalue weighted by molar-refractivity contribution is 5.90. The Morgan fingerprint density at radius 2 is 2.25 bits per heavy atom. The van der Waals surface area contributed by atoms with E-state index in [-0.39, 0.29) is 31.0 Å². The molecule has 112 valence electrons. The Bertz CT molecular complexity index is 443. The van der Waals surface area contributed by atoms with Crippen LogP contribution in [-0.4, -0.2) is 51.8 Å². The van der Waals surface area contributed by atoms with Crippen molar-refractivity contribution in [3.63, 3.8) is 0 Å². The zero-order valence-electron chi connectivity index (χ0n) is 12.0. The first-order valence-electron chi connectivity index (χ1n) is 7.08. The number of anilines is 1. The van der Waals surface area contributed by atoms with E-state index in [1.807, 2.05) is 18.7 Å². The molecule has 0 saturated heterocycles. The number of hydrogen-bond donors (Lipinski definition) is 2. The Kier molecular flexibility index (Phi) is 5.08. The van der Waals surface area contributed by atoms with Crippen LogP contribution in [0.4, 0.5) is 6.01 Å². The molecule has 1 aliphatic rings. The molecule has 7 heteroatoms. The van der Waals surface area contributed by atoms with Crippen molar-refractivity contribution >= 4 is 11.9 Å². The number of nitrogens with one attached hydrogen (secondary N) is 1. The number of amides is 1. The number of hydrogen-bond acceptors (Lipinski definition) is 6. The maximum absolute atomic E-state index is 12.0. The van der Waals surface area contributed by atoms with Gasteiger partial charge in [0.15, 0.2) is 0 Å². The SMILES string of the molecule is CC(C)c1nnc(NC(=O)CN(CCO)C2CCC2)o1. The zero-order valence-corrected chi connectivity index (χ0v) is 12.0. The molecule has 7 nitrogen and oxygen atoms in total. The summed E-state index contributed by atoms with van der Waals surface area (Å²) in [7, 11) is 0. The van der Waals surface area contributed by atoms with E-state index in [1.165, 1.54) is 6.42 Å². The van der Waals surface area contributed by atoms with Gasteiger partial charge in [-0.15, -0.1) is 5.10 Å². The predicted octanol–water partition coefficient (Wildman–Crippen LogP) is 0.978. The van der Waals surface area contributed by atoms with E-state index in [1.54, 1.807) is 0 Å². The lowest BCUT2D eigenvalue weighted by molar-refractivity contribution is -0.118. The number of rotatable bonds is 7. The van der Waals surface area contributed by atoms with Crippen molar-refractivity contribution in [2.45, 2.75) is 45.1 Å². The lowest BCUT2D eigenvalue weighted by Gasteiger charge is -2.36. The van der Waals surface area contributed by atoms with Crippen molar-refractivity contribution in [3.05, 3.63) is 5.89 Å². The molecule has 1 saturated carbocycles. The average molecular weight is 282 g/mol. The quantitative estimate of drug-likeness (QED) is 0.774. The van der Waals surface area contributed by atoms with Gasteiger partial charge in [0, 0.05) is 18.5 Å². The molecule has 0 atom stereocenters. The molecule has 1 aliphatic carbocycles. The number of nitrogens with zero attached hydrogens (tertiary/aromatic N) is 3. The van der Waals surface area contributed by atoms with Gasteiger partial charge in [0.1, 0.15) is 0 Å². The molecule has 1 aromatic rings. The zero-order chi connectivity index (χ0) is 14.5. The molecular formula is C13H22N4O3. The van der Waals surface area contributed by atoms with E-state index in [0.717, 1.165) is 12.8 Å². The molecular weight excluding hydrogens is 260 g/mol. The van der Waals surface area contributed by atoms with Gasteiger partial charge in [0.05, 0.1) is 13.2 Å². The summed E-state index contributed by atoms with van der Waals surface area (Å²) in [5, 5.41) is 19.3. The number of aliphatic hydroxyl groups is 1. The smallest absolute Gasteiger partial charge is 0.322 e. The number of carbonyl (C=O) groups excluding carboxylic acids is 1. The van der Waals surface area contributed by atoms with Gasteiger partial charge in [0.25, 0.3) is 0 Å². The standard InChI is InChI=1S/C13H22N4O3/c1-9(2)12-15-16-13(20-12)14-11(19)8-17(6-7-18)10-4-3-5-10/h9-10,18H,3-8H2,1-2H3,(H,14,16,19). The summed E-state index contributed by atoms with van der Waals surface area (Å²) >= 11 is 0.